The zero-order valence-corrected chi connectivity index (χ0v) is 9.83. The van der Waals surface area contributed by atoms with Gasteiger partial charge in [-0.25, -0.2) is 0 Å². The Balaban J connectivity index is 4.91. The van der Waals surface area contributed by atoms with Crippen molar-refractivity contribution in [1.29, 1.82) is 0 Å². The quantitative estimate of drug-likeness (QED) is 0.576. The fraction of sp³-hybridized carbons (Fsp3) is 0.571. The molecule has 0 aliphatic carbocycles. The lowest BCUT2D eigenvalue weighted by molar-refractivity contribution is 1.07. The van der Waals surface area contributed by atoms with Crippen molar-refractivity contribution in [3.05, 3.63) is 11.1 Å². The molecule has 0 aliphatic heterocycles. The minimum atomic E-state index is 0.918. The van der Waals surface area contributed by atoms with E-state index >= 15 is 0 Å². The van der Waals surface area contributed by atoms with Gasteiger partial charge in [-0.2, -0.15) is 0 Å². The molecule has 0 N–H and O–H groups in total. The van der Waals surface area contributed by atoms with Crippen LogP contribution in [-0.2, 0) is 0 Å². The molecule has 0 atom stereocenters. The highest BCUT2D eigenvalue weighted by Crippen LogP contribution is 2.10. The number of hydrogen-bond donors (Lipinski definition) is 0. The maximum absolute atomic E-state index is 3.21. The van der Waals surface area contributed by atoms with E-state index < -0.39 is 0 Å². The molecule has 0 aromatic rings. The third-order valence-electron chi connectivity index (χ3n) is 1.90. The van der Waals surface area contributed by atoms with E-state index in [1.165, 1.54) is 11.1 Å². The highest BCUT2D eigenvalue weighted by atomic mass is 14.0. The summed E-state index contributed by atoms with van der Waals surface area (Å²) in [7, 11) is 0. The molecule has 0 aliphatic rings. The molecule has 0 bridgehead atoms. The second-order valence-corrected chi connectivity index (χ2v) is 2.97. The predicted molar refractivity (Wildman–Crippen MR) is 63.7 cm³/mol. The summed E-state index contributed by atoms with van der Waals surface area (Å²) in [6.45, 7) is 8.43. The first kappa shape index (κ1) is 12.9. The second kappa shape index (κ2) is 8.46. The van der Waals surface area contributed by atoms with Crippen LogP contribution in [0.5, 0.6) is 0 Å². The number of rotatable bonds is 2. The molecule has 0 heteroatoms. The van der Waals surface area contributed by atoms with E-state index in [0.717, 1.165) is 25.7 Å². The Kier molecular flexibility index (Phi) is 7.77. The summed E-state index contributed by atoms with van der Waals surface area (Å²) in [6, 6.07) is 0. The lowest BCUT2D eigenvalue weighted by atomic mass is 10.0. The molecular weight excluding hydrogens is 168 g/mol. The summed E-state index contributed by atoms with van der Waals surface area (Å²) < 4.78 is 0. The topological polar surface area (TPSA) is 0 Å². The average molecular weight is 188 g/mol. The Bertz CT molecular complexity index is 264. The van der Waals surface area contributed by atoms with Crippen LogP contribution in [0.25, 0.3) is 0 Å². The van der Waals surface area contributed by atoms with E-state index in [9.17, 15) is 0 Å². The second-order valence-electron chi connectivity index (χ2n) is 2.97. The summed E-state index contributed by atoms with van der Waals surface area (Å²) >= 11 is 0. The highest BCUT2D eigenvalue weighted by molar-refractivity contribution is 5.42. The van der Waals surface area contributed by atoms with Gasteiger partial charge in [0.1, 0.15) is 0 Å². The van der Waals surface area contributed by atoms with Gasteiger partial charge in [-0.1, -0.05) is 51.4 Å². The Morgan fingerprint density at radius 3 is 1.29 bits per heavy atom. The van der Waals surface area contributed by atoms with Gasteiger partial charge in [0.15, 0.2) is 0 Å². The maximum atomic E-state index is 3.21. The van der Waals surface area contributed by atoms with Crippen molar-refractivity contribution in [2.75, 3.05) is 0 Å². The van der Waals surface area contributed by atoms with Crippen LogP contribution in [0.1, 0.15) is 53.4 Å². The van der Waals surface area contributed by atoms with Crippen LogP contribution in [0.15, 0.2) is 11.1 Å². The lowest BCUT2D eigenvalue weighted by Crippen LogP contribution is -1.85. The Hall–Kier alpha value is -1.14. The molecule has 0 saturated heterocycles. The molecule has 14 heavy (non-hydrogen) atoms. The smallest absolute Gasteiger partial charge is 0.0133 e. The zero-order valence-electron chi connectivity index (χ0n) is 9.83. The molecule has 0 rings (SSSR count). The first-order chi connectivity index (χ1) is 6.79. The normalized spacial score (nSPS) is 10.6. The molecule has 0 nitrogen and oxygen atoms in total. The fourth-order valence-electron chi connectivity index (χ4n) is 1.14. The Morgan fingerprint density at radius 2 is 1.07 bits per heavy atom. The molecule has 0 saturated carbocycles. The van der Waals surface area contributed by atoms with Crippen molar-refractivity contribution in [3.63, 3.8) is 0 Å². The molecule has 0 spiro atoms. The third kappa shape index (κ3) is 4.78. The van der Waals surface area contributed by atoms with Crippen molar-refractivity contribution >= 4 is 0 Å². The predicted octanol–water partition coefficient (Wildman–Crippen LogP) is 3.93. The fourth-order valence-corrected chi connectivity index (χ4v) is 1.14. The highest BCUT2D eigenvalue weighted by Gasteiger charge is 1.96. The van der Waals surface area contributed by atoms with E-state index in [1.54, 1.807) is 0 Å². The van der Waals surface area contributed by atoms with Crippen molar-refractivity contribution in [1.82, 2.24) is 0 Å². The van der Waals surface area contributed by atoms with Crippen LogP contribution in [0.2, 0.25) is 0 Å². The Morgan fingerprint density at radius 1 is 0.714 bits per heavy atom. The van der Waals surface area contributed by atoms with E-state index in [4.69, 9.17) is 0 Å². The lowest BCUT2D eigenvalue weighted by Gasteiger charge is -1.99. The van der Waals surface area contributed by atoms with Gasteiger partial charge in [-0.3, -0.25) is 0 Å². The van der Waals surface area contributed by atoms with Crippen molar-refractivity contribution in [3.8, 4) is 23.7 Å². The van der Waals surface area contributed by atoms with Crippen molar-refractivity contribution in [2.24, 2.45) is 0 Å². The van der Waals surface area contributed by atoms with Gasteiger partial charge in [0.05, 0.1) is 0 Å². The van der Waals surface area contributed by atoms with E-state index in [-0.39, 0.29) is 0 Å². The molecule has 0 aromatic carbocycles. The zero-order chi connectivity index (χ0) is 10.8. The summed E-state index contributed by atoms with van der Waals surface area (Å²) in [5.74, 6) is 12.6. The van der Waals surface area contributed by atoms with Gasteiger partial charge in [0.2, 0.25) is 0 Å². The van der Waals surface area contributed by atoms with Gasteiger partial charge in [0, 0.05) is 24.0 Å². The average Bonchev–Trinajstić information content (AvgIpc) is 2.23. The molecule has 76 valence electrons. The van der Waals surface area contributed by atoms with E-state index in [0.29, 0.717) is 0 Å². The van der Waals surface area contributed by atoms with Crippen LogP contribution in [-0.4, -0.2) is 0 Å². The van der Waals surface area contributed by atoms with Crippen molar-refractivity contribution in [2.45, 2.75) is 53.4 Å². The molecule has 0 unspecified atom stereocenters. The molecule has 0 fully saturated rings. The molecule has 0 amide bonds. The number of hydrogen-bond acceptors (Lipinski definition) is 0. The first-order valence-electron chi connectivity index (χ1n) is 5.49. The van der Waals surface area contributed by atoms with Crippen LogP contribution < -0.4 is 0 Å². The van der Waals surface area contributed by atoms with Crippen LogP contribution in [0, 0.1) is 23.7 Å². The standard InChI is InChI=1S/C14H20/c1-5-9-11-13(7-3)14(8-4)12-10-6-2/h5-8H2,1-4H3. The van der Waals surface area contributed by atoms with E-state index in [1.807, 2.05) is 0 Å². The summed E-state index contributed by atoms with van der Waals surface area (Å²) in [5, 5.41) is 0. The maximum Gasteiger partial charge on any atom is 0.0133 e. The summed E-state index contributed by atoms with van der Waals surface area (Å²) in [4.78, 5) is 0. The largest absolute Gasteiger partial charge is 0.0985 e. The van der Waals surface area contributed by atoms with E-state index in [2.05, 4.69) is 51.4 Å². The molecular formula is C14H20. The van der Waals surface area contributed by atoms with Gasteiger partial charge in [-0.15, -0.1) is 0 Å². The van der Waals surface area contributed by atoms with Gasteiger partial charge < -0.3 is 0 Å². The first-order valence-corrected chi connectivity index (χ1v) is 5.49. The minimum Gasteiger partial charge on any atom is -0.0985 e. The summed E-state index contributed by atoms with van der Waals surface area (Å²) in [5.41, 5.74) is 2.44. The summed E-state index contributed by atoms with van der Waals surface area (Å²) in [6.07, 6.45) is 3.83. The van der Waals surface area contributed by atoms with Crippen LogP contribution in [0.3, 0.4) is 0 Å². The van der Waals surface area contributed by atoms with Gasteiger partial charge >= 0.3 is 0 Å². The third-order valence-corrected chi connectivity index (χ3v) is 1.90. The van der Waals surface area contributed by atoms with Crippen LogP contribution in [0.4, 0.5) is 0 Å². The monoisotopic (exact) mass is 188 g/mol. The minimum absolute atomic E-state index is 0.918. The van der Waals surface area contributed by atoms with Gasteiger partial charge in [-0.05, 0) is 12.8 Å². The van der Waals surface area contributed by atoms with Gasteiger partial charge in [0.25, 0.3) is 0 Å². The molecule has 0 heterocycles. The van der Waals surface area contributed by atoms with Crippen molar-refractivity contribution < 1.29 is 0 Å². The Labute approximate surface area is 88.8 Å². The SMILES string of the molecule is CCC#CC(CC)=C(C#CCC)CC. The molecule has 0 aromatic heterocycles. The van der Waals surface area contributed by atoms with Crippen LogP contribution >= 0.6 is 0 Å². The molecule has 0 radical (unpaired) electrons. The number of allylic oxidation sites excluding steroid dienone is 2.